The molecule has 3 nitrogen and oxygen atoms in total. The van der Waals surface area contributed by atoms with Crippen molar-refractivity contribution >= 4 is 5.97 Å². The van der Waals surface area contributed by atoms with E-state index in [9.17, 15) is 4.79 Å². The van der Waals surface area contributed by atoms with E-state index < -0.39 is 0 Å². The number of fused-ring (bicyclic) bond motifs is 1. The predicted octanol–water partition coefficient (Wildman–Crippen LogP) is 6.01. The van der Waals surface area contributed by atoms with Crippen LogP contribution in [0.2, 0.25) is 0 Å². The van der Waals surface area contributed by atoms with Gasteiger partial charge in [0, 0.05) is 0 Å². The third kappa shape index (κ3) is 5.02. The van der Waals surface area contributed by atoms with Crippen LogP contribution in [0.15, 0.2) is 24.3 Å². The topological polar surface area (TPSA) is 35.5 Å². The maximum Gasteiger partial charge on any atom is 0.314 e. The van der Waals surface area contributed by atoms with E-state index in [0.717, 1.165) is 36.3 Å². The molecule has 1 aromatic carbocycles. The molecule has 0 N–H and O–H groups in total. The zero-order chi connectivity index (χ0) is 18.4. The van der Waals surface area contributed by atoms with Crippen molar-refractivity contribution in [2.75, 3.05) is 7.11 Å². The number of methoxy groups -OCH3 is 1. The Bertz CT molecular complexity index is 565. The number of carbonyl (C=O) groups excluding carboxylic acids is 1. The Morgan fingerprint density at radius 2 is 1.65 bits per heavy atom. The molecule has 144 valence electrons. The van der Waals surface area contributed by atoms with Crippen molar-refractivity contribution in [2.45, 2.75) is 71.1 Å². The van der Waals surface area contributed by atoms with Gasteiger partial charge in [0.05, 0.1) is 13.0 Å². The number of ether oxygens (including phenoxy) is 2. The number of rotatable bonds is 7. The van der Waals surface area contributed by atoms with Crippen LogP contribution in [0.25, 0.3) is 0 Å². The minimum absolute atomic E-state index is 0.0429. The largest absolute Gasteiger partial charge is 0.497 e. The highest BCUT2D eigenvalue weighted by molar-refractivity contribution is 5.75. The molecule has 3 rings (SSSR count). The fourth-order valence-electron chi connectivity index (χ4n) is 4.99. The summed E-state index contributed by atoms with van der Waals surface area (Å²) in [4.78, 5) is 12.6. The second kappa shape index (κ2) is 9.43. The zero-order valence-electron chi connectivity index (χ0n) is 16.4. The summed E-state index contributed by atoms with van der Waals surface area (Å²) in [5, 5.41) is 0. The van der Waals surface area contributed by atoms with E-state index in [0.29, 0.717) is 5.75 Å². The Hall–Kier alpha value is -1.51. The number of esters is 1. The zero-order valence-corrected chi connectivity index (χ0v) is 16.4. The van der Waals surface area contributed by atoms with Gasteiger partial charge in [-0.3, -0.25) is 4.79 Å². The first kappa shape index (κ1) is 19.3. The number of benzene rings is 1. The highest BCUT2D eigenvalue weighted by Crippen LogP contribution is 2.46. The molecule has 4 atom stereocenters. The Balaban J connectivity index is 1.47. The average molecular weight is 359 g/mol. The summed E-state index contributed by atoms with van der Waals surface area (Å²) in [6, 6.07) is 7.28. The Kier molecular flexibility index (Phi) is 6.99. The molecule has 0 aromatic heterocycles. The molecule has 2 aliphatic carbocycles. The van der Waals surface area contributed by atoms with Crippen LogP contribution >= 0.6 is 0 Å². The molecule has 0 aliphatic heterocycles. The predicted molar refractivity (Wildman–Crippen MR) is 104 cm³/mol. The molecule has 0 heterocycles. The van der Waals surface area contributed by atoms with Gasteiger partial charge >= 0.3 is 5.97 Å². The summed E-state index contributed by atoms with van der Waals surface area (Å²) in [6.07, 6.45) is 12.8. The van der Waals surface area contributed by atoms with E-state index in [4.69, 9.17) is 9.47 Å². The fourth-order valence-corrected chi connectivity index (χ4v) is 4.99. The molecule has 2 aliphatic rings. The van der Waals surface area contributed by atoms with E-state index in [1.165, 1.54) is 51.4 Å². The Morgan fingerprint density at radius 1 is 0.962 bits per heavy atom. The van der Waals surface area contributed by atoms with Crippen LogP contribution < -0.4 is 9.47 Å². The minimum Gasteiger partial charge on any atom is -0.497 e. The minimum atomic E-state index is -0.0429. The van der Waals surface area contributed by atoms with Crippen LogP contribution in [0.3, 0.4) is 0 Å². The van der Waals surface area contributed by atoms with Crippen LogP contribution in [0.1, 0.15) is 71.1 Å². The smallest absolute Gasteiger partial charge is 0.314 e. The Labute approximate surface area is 158 Å². The van der Waals surface area contributed by atoms with Gasteiger partial charge < -0.3 is 9.47 Å². The lowest BCUT2D eigenvalue weighted by Gasteiger charge is -2.41. The van der Waals surface area contributed by atoms with Crippen molar-refractivity contribution in [3.63, 3.8) is 0 Å². The van der Waals surface area contributed by atoms with Crippen LogP contribution in [0, 0.1) is 23.7 Å². The molecule has 3 heteroatoms. The lowest BCUT2D eigenvalue weighted by atomic mass is 9.64. The van der Waals surface area contributed by atoms with Gasteiger partial charge in [-0.05, 0) is 74.1 Å². The van der Waals surface area contributed by atoms with Crippen LogP contribution in [-0.2, 0) is 4.79 Å². The van der Waals surface area contributed by atoms with Gasteiger partial charge in [-0.2, -0.15) is 0 Å². The van der Waals surface area contributed by atoms with Gasteiger partial charge in [0.15, 0.2) is 0 Å². The number of hydrogen-bond donors (Lipinski definition) is 0. The third-order valence-electron chi connectivity index (χ3n) is 6.55. The second-order valence-electron chi connectivity index (χ2n) is 8.30. The summed E-state index contributed by atoms with van der Waals surface area (Å²) in [7, 11) is 1.64. The molecule has 2 fully saturated rings. The van der Waals surface area contributed by atoms with Crippen molar-refractivity contribution < 1.29 is 14.3 Å². The summed E-state index contributed by atoms with van der Waals surface area (Å²) < 4.78 is 10.8. The third-order valence-corrected chi connectivity index (χ3v) is 6.55. The molecule has 1 aromatic rings. The van der Waals surface area contributed by atoms with Gasteiger partial charge in [0.1, 0.15) is 11.5 Å². The number of carbonyl (C=O) groups is 1. The summed E-state index contributed by atoms with van der Waals surface area (Å²) >= 11 is 0. The number of unbranched alkanes of at least 4 members (excludes halogenated alkanes) is 2. The highest BCUT2D eigenvalue weighted by Gasteiger charge is 2.38. The fraction of sp³-hybridized carbons (Fsp3) is 0.696. The Morgan fingerprint density at radius 3 is 2.38 bits per heavy atom. The van der Waals surface area contributed by atoms with Crippen LogP contribution in [0.4, 0.5) is 0 Å². The molecular formula is C23H34O3. The van der Waals surface area contributed by atoms with Gasteiger partial charge in [-0.1, -0.05) is 39.0 Å². The lowest BCUT2D eigenvalue weighted by molar-refractivity contribution is -0.141. The maximum atomic E-state index is 12.6. The van der Waals surface area contributed by atoms with E-state index >= 15 is 0 Å². The van der Waals surface area contributed by atoms with Crippen molar-refractivity contribution in [3.05, 3.63) is 24.3 Å². The highest BCUT2D eigenvalue weighted by atomic mass is 16.5. The number of hydrogen-bond acceptors (Lipinski definition) is 3. The van der Waals surface area contributed by atoms with Crippen molar-refractivity contribution in [2.24, 2.45) is 23.7 Å². The van der Waals surface area contributed by atoms with Gasteiger partial charge in [0.25, 0.3) is 0 Å². The molecule has 0 bridgehead atoms. The van der Waals surface area contributed by atoms with Gasteiger partial charge in [0.2, 0.25) is 0 Å². The first-order valence-electron chi connectivity index (χ1n) is 10.5. The first-order valence-corrected chi connectivity index (χ1v) is 10.5. The van der Waals surface area contributed by atoms with Crippen molar-refractivity contribution in [3.8, 4) is 11.5 Å². The molecule has 0 amide bonds. The van der Waals surface area contributed by atoms with E-state index in [1.54, 1.807) is 7.11 Å². The maximum absolute atomic E-state index is 12.6. The summed E-state index contributed by atoms with van der Waals surface area (Å²) in [5.74, 6) is 3.96. The molecule has 26 heavy (non-hydrogen) atoms. The van der Waals surface area contributed by atoms with Crippen molar-refractivity contribution in [1.82, 2.24) is 0 Å². The van der Waals surface area contributed by atoms with Crippen LogP contribution in [-0.4, -0.2) is 13.1 Å². The monoisotopic (exact) mass is 358 g/mol. The van der Waals surface area contributed by atoms with Crippen molar-refractivity contribution in [1.29, 1.82) is 0 Å². The lowest BCUT2D eigenvalue weighted by Crippen LogP contribution is -2.35. The molecule has 4 unspecified atom stereocenters. The quantitative estimate of drug-likeness (QED) is 0.340. The normalized spacial score (nSPS) is 28.2. The van der Waals surface area contributed by atoms with Gasteiger partial charge in [-0.25, -0.2) is 0 Å². The SMILES string of the molecule is CCCCCC1CCC2CC(C(=O)Oc3ccc(OC)cc3)CCC2C1. The second-order valence-corrected chi connectivity index (χ2v) is 8.30. The van der Waals surface area contributed by atoms with E-state index in [2.05, 4.69) is 6.92 Å². The molecular weight excluding hydrogens is 324 g/mol. The molecule has 0 radical (unpaired) electrons. The average Bonchev–Trinajstić information content (AvgIpc) is 2.68. The first-order chi connectivity index (χ1) is 12.7. The van der Waals surface area contributed by atoms with E-state index in [1.807, 2.05) is 24.3 Å². The summed E-state index contributed by atoms with van der Waals surface area (Å²) in [5.41, 5.74) is 0. The van der Waals surface area contributed by atoms with Gasteiger partial charge in [-0.15, -0.1) is 0 Å². The molecule has 0 saturated heterocycles. The molecule has 0 spiro atoms. The van der Waals surface area contributed by atoms with Crippen LogP contribution in [0.5, 0.6) is 11.5 Å². The standard InChI is InChI=1S/C23H34O3/c1-3-4-5-6-17-7-8-19-16-20(10-9-18(19)15-17)23(24)26-22-13-11-21(25-2)12-14-22/h11-14,17-20H,3-10,15-16H2,1-2H3. The summed E-state index contributed by atoms with van der Waals surface area (Å²) in [6.45, 7) is 2.28. The van der Waals surface area contributed by atoms with E-state index in [-0.39, 0.29) is 11.9 Å². The molecule has 2 saturated carbocycles.